The number of aliphatic hydroxyl groups is 1. The van der Waals surface area contributed by atoms with Gasteiger partial charge in [-0.2, -0.15) is 0 Å². The van der Waals surface area contributed by atoms with Gasteiger partial charge in [0.1, 0.15) is 0 Å². The van der Waals surface area contributed by atoms with Gasteiger partial charge in [-0.3, -0.25) is 0 Å². The van der Waals surface area contributed by atoms with Crippen molar-refractivity contribution in [3.8, 4) is 0 Å². The molecule has 5 fully saturated rings. The van der Waals surface area contributed by atoms with Gasteiger partial charge in [0.2, 0.25) is 0 Å². The molecule has 35 heavy (non-hydrogen) atoms. The molecular weight excluding hydrogens is 432 g/mol. The van der Waals surface area contributed by atoms with Crippen molar-refractivity contribution in [2.45, 2.75) is 132 Å². The van der Waals surface area contributed by atoms with Crippen molar-refractivity contribution in [3.05, 3.63) is 11.6 Å². The molecule has 0 bridgehead atoms. The third kappa shape index (κ3) is 3.07. The lowest BCUT2D eigenvalue weighted by molar-refractivity contribution is -0.306. The number of rotatable bonds is 0. The van der Waals surface area contributed by atoms with Crippen molar-refractivity contribution in [1.82, 2.24) is 0 Å². The highest BCUT2D eigenvalue weighted by molar-refractivity contribution is 5.35. The van der Waals surface area contributed by atoms with Crippen LogP contribution < -0.4 is 0 Å². The van der Waals surface area contributed by atoms with Crippen LogP contribution in [0.3, 0.4) is 0 Å². The number of allylic oxidation sites excluding steroid dienone is 2. The molecule has 0 aromatic heterocycles. The number of fused-ring (bicyclic) bond motifs is 6. The zero-order chi connectivity index (χ0) is 25.2. The van der Waals surface area contributed by atoms with Crippen LogP contribution in [0, 0.1) is 50.2 Å². The van der Waals surface area contributed by atoms with E-state index >= 15 is 0 Å². The molecule has 6 aliphatic rings. The highest BCUT2D eigenvalue weighted by Gasteiger charge is 2.70. The minimum atomic E-state index is -0.160. The quantitative estimate of drug-likeness (QED) is 0.361. The molecule has 1 aliphatic heterocycles. The fourth-order valence-electron chi connectivity index (χ4n) is 11.4. The van der Waals surface area contributed by atoms with Crippen LogP contribution in [0.2, 0.25) is 0 Å². The first-order chi connectivity index (χ1) is 16.2. The summed E-state index contributed by atoms with van der Waals surface area (Å²) in [5, 5.41) is 11.0. The Balaban J connectivity index is 1.46. The Morgan fingerprint density at radius 1 is 0.886 bits per heavy atom. The molecule has 0 aromatic carbocycles. The van der Waals surface area contributed by atoms with E-state index in [1.165, 1.54) is 44.9 Å². The Morgan fingerprint density at radius 2 is 1.63 bits per heavy atom. The highest BCUT2D eigenvalue weighted by atomic mass is 16.7. The van der Waals surface area contributed by atoms with Crippen molar-refractivity contribution in [2.24, 2.45) is 50.2 Å². The molecule has 5 aliphatic carbocycles. The lowest BCUT2D eigenvalue weighted by Gasteiger charge is -2.72. The topological polar surface area (TPSA) is 38.7 Å². The number of hydrogen-bond acceptors (Lipinski definition) is 3. The molecule has 4 saturated carbocycles. The summed E-state index contributed by atoms with van der Waals surface area (Å²) in [7, 11) is 0. The summed E-state index contributed by atoms with van der Waals surface area (Å²) in [6, 6.07) is 0. The van der Waals surface area contributed by atoms with Gasteiger partial charge in [-0.05, 0) is 110 Å². The molecule has 0 aromatic rings. The van der Waals surface area contributed by atoms with Crippen LogP contribution in [-0.4, -0.2) is 30.2 Å². The van der Waals surface area contributed by atoms with Crippen molar-refractivity contribution in [2.75, 3.05) is 6.61 Å². The second-order valence-corrected chi connectivity index (χ2v) is 16.0. The second-order valence-electron chi connectivity index (χ2n) is 16.0. The summed E-state index contributed by atoms with van der Waals surface area (Å²) in [6.45, 7) is 20.6. The van der Waals surface area contributed by atoms with Crippen LogP contribution in [0.4, 0.5) is 0 Å². The molecule has 10 atom stereocenters. The van der Waals surface area contributed by atoms with Gasteiger partial charge < -0.3 is 14.6 Å². The maximum atomic E-state index is 11.0. The van der Waals surface area contributed by atoms with Crippen molar-refractivity contribution < 1.29 is 14.6 Å². The van der Waals surface area contributed by atoms with E-state index in [1.54, 1.807) is 5.57 Å². The molecule has 1 saturated heterocycles. The first-order valence-electron chi connectivity index (χ1n) is 14.9. The first kappa shape index (κ1) is 24.9. The van der Waals surface area contributed by atoms with E-state index in [9.17, 15) is 5.11 Å². The fourth-order valence-corrected chi connectivity index (χ4v) is 11.4. The predicted octanol–water partition coefficient (Wildman–Crippen LogP) is 7.52. The zero-order valence-electron chi connectivity index (χ0n) is 23.9. The maximum Gasteiger partial charge on any atom is 0.155 e. The standard InChI is InChI=1S/C32H52O3/c1-20-34-19-32-16-15-27(2,3)17-22(32)21-9-10-24-29(6)13-12-25(33)28(4,5)23(29)11-14-30(24,7)31(21,8)18-26(32)35-20/h9,20,22-26,33H,10-19H2,1-8H3/t20-,22+,23+,24-,25+,26+,29+,30-,31-,32-/m1/s1. The lowest BCUT2D eigenvalue weighted by atomic mass is 9.33. The van der Waals surface area contributed by atoms with Crippen LogP contribution in [0.5, 0.6) is 0 Å². The molecule has 198 valence electrons. The Labute approximate surface area is 214 Å². The van der Waals surface area contributed by atoms with E-state index in [1.807, 2.05) is 0 Å². The van der Waals surface area contributed by atoms with Crippen molar-refractivity contribution >= 4 is 0 Å². The van der Waals surface area contributed by atoms with Gasteiger partial charge in [0.05, 0.1) is 18.8 Å². The summed E-state index contributed by atoms with van der Waals surface area (Å²) < 4.78 is 13.0. The summed E-state index contributed by atoms with van der Waals surface area (Å²) in [6.07, 6.45) is 13.6. The Hall–Kier alpha value is -0.380. The van der Waals surface area contributed by atoms with Crippen LogP contribution in [0.1, 0.15) is 113 Å². The highest BCUT2D eigenvalue weighted by Crippen LogP contribution is 2.76. The van der Waals surface area contributed by atoms with Crippen LogP contribution in [0.25, 0.3) is 0 Å². The largest absolute Gasteiger partial charge is 0.393 e. The predicted molar refractivity (Wildman–Crippen MR) is 141 cm³/mol. The second kappa shape index (κ2) is 7.38. The molecule has 1 N–H and O–H groups in total. The minimum Gasteiger partial charge on any atom is -0.393 e. The summed E-state index contributed by atoms with van der Waals surface area (Å²) in [5.74, 6) is 1.86. The van der Waals surface area contributed by atoms with Crippen molar-refractivity contribution in [3.63, 3.8) is 0 Å². The Bertz CT molecular complexity index is 920. The van der Waals surface area contributed by atoms with Gasteiger partial charge in [-0.1, -0.05) is 60.1 Å². The average molecular weight is 485 g/mol. The normalized spacial score (nSPS) is 56.4. The monoisotopic (exact) mass is 484 g/mol. The summed E-state index contributed by atoms with van der Waals surface area (Å²) in [4.78, 5) is 0. The van der Waals surface area contributed by atoms with Gasteiger partial charge in [0, 0.05) is 5.41 Å². The van der Waals surface area contributed by atoms with Crippen molar-refractivity contribution in [1.29, 1.82) is 0 Å². The summed E-state index contributed by atoms with van der Waals surface area (Å²) in [5.41, 5.74) is 3.08. The van der Waals surface area contributed by atoms with E-state index in [2.05, 4.69) is 61.5 Å². The van der Waals surface area contributed by atoms with E-state index < -0.39 is 0 Å². The smallest absolute Gasteiger partial charge is 0.155 e. The fraction of sp³-hybridized carbons (Fsp3) is 0.938. The molecule has 3 nitrogen and oxygen atoms in total. The molecule has 3 heteroatoms. The SMILES string of the molecule is C[C@@H]1OC[C@]23CCC(C)(C)C[C@H]2C2=CC[C@@H]4[C@@]5(C)CC[C@H](O)C(C)(C)[C@@H]5CC[C@@]4(C)[C@]2(C)C[C@@H]3O1. The molecule has 1 spiro atoms. The van der Waals surface area contributed by atoms with Gasteiger partial charge >= 0.3 is 0 Å². The van der Waals surface area contributed by atoms with E-state index in [0.29, 0.717) is 34.7 Å². The Morgan fingerprint density at radius 3 is 2.37 bits per heavy atom. The molecular formula is C32H52O3. The van der Waals surface area contributed by atoms with Gasteiger partial charge in [0.25, 0.3) is 0 Å². The zero-order valence-corrected chi connectivity index (χ0v) is 23.9. The molecule has 0 radical (unpaired) electrons. The first-order valence-corrected chi connectivity index (χ1v) is 14.9. The summed E-state index contributed by atoms with van der Waals surface area (Å²) >= 11 is 0. The van der Waals surface area contributed by atoms with Crippen LogP contribution in [0.15, 0.2) is 11.6 Å². The molecule has 1 heterocycles. The average Bonchev–Trinajstić information content (AvgIpc) is 2.76. The van der Waals surface area contributed by atoms with Gasteiger partial charge in [0.15, 0.2) is 6.29 Å². The molecule has 0 amide bonds. The van der Waals surface area contributed by atoms with Gasteiger partial charge in [-0.25, -0.2) is 0 Å². The van der Waals surface area contributed by atoms with Gasteiger partial charge in [-0.15, -0.1) is 0 Å². The van der Waals surface area contributed by atoms with E-state index in [4.69, 9.17) is 9.47 Å². The van der Waals surface area contributed by atoms with Crippen LogP contribution >= 0.6 is 0 Å². The third-order valence-corrected chi connectivity index (χ3v) is 13.8. The van der Waals surface area contributed by atoms with Crippen LogP contribution in [-0.2, 0) is 9.47 Å². The Kier molecular flexibility index (Phi) is 5.26. The van der Waals surface area contributed by atoms with E-state index in [-0.39, 0.29) is 34.1 Å². The minimum absolute atomic E-state index is 0.00753. The number of hydrogen-bond donors (Lipinski definition) is 1. The molecule has 6 rings (SSSR count). The van der Waals surface area contributed by atoms with E-state index in [0.717, 1.165) is 19.4 Å². The maximum absolute atomic E-state index is 11.0. The number of aliphatic hydroxyl groups excluding tert-OH is 1. The third-order valence-electron chi connectivity index (χ3n) is 13.8. The molecule has 0 unspecified atom stereocenters. The lowest BCUT2D eigenvalue weighted by Crippen LogP contribution is -2.68. The number of ether oxygens (including phenoxy) is 2.